The molecule has 0 heterocycles. The quantitative estimate of drug-likeness (QED) is 0.0289. The van der Waals surface area contributed by atoms with Crippen LogP contribution in [0.3, 0.4) is 0 Å². The maximum absolute atomic E-state index is 12.7. The van der Waals surface area contributed by atoms with Crippen molar-refractivity contribution in [3.8, 4) is 0 Å². The van der Waals surface area contributed by atoms with E-state index in [4.69, 9.17) is 14.2 Å². The van der Waals surface area contributed by atoms with Crippen LogP contribution in [0.4, 0.5) is 0 Å². The molecule has 2 atom stereocenters. The number of quaternary nitrogens is 1. The highest BCUT2D eigenvalue weighted by atomic mass is 16.6. The Morgan fingerprint density at radius 3 is 1.53 bits per heavy atom. The van der Waals surface area contributed by atoms with Gasteiger partial charge in [-0.1, -0.05) is 167 Å². The summed E-state index contributed by atoms with van der Waals surface area (Å²) >= 11 is 0. The van der Waals surface area contributed by atoms with E-state index in [0.29, 0.717) is 19.3 Å². The molecule has 0 saturated heterocycles. The van der Waals surface area contributed by atoms with E-state index in [1.807, 2.05) is 27.2 Å². The third-order valence-electron chi connectivity index (χ3n) is 9.87. The molecule has 8 nitrogen and oxygen atoms in total. The first kappa shape index (κ1) is 50.8. The van der Waals surface area contributed by atoms with Crippen molar-refractivity contribution in [2.45, 2.75) is 206 Å². The van der Waals surface area contributed by atoms with Crippen LogP contribution in [-0.2, 0) is 28.6 Å². The summed E-state index contributed by atoms with van der Waals surface area (Å²) in [5.74, 6) is -1.54. The van der Waals surface area contributed by atoms with Gasteiger partial charge in [-0.05, 0) is 32.1 Å². The van der Waals surface area contributed by atoms with E-state index in [-0.39, 0.29) is 42.7 Å². The summed E-state index contributed by atoms with van der Waals surface area (Å²) in [4.78, 5) is 36.9. The van der Waals surface area contributed by atoms with Gasteiger partial charge in [0.1, 0.15) is 6.61 Å². The number of allylic oxidation sites excluding steroid dienone is 4. The standard InChI is InChI=1S/C45H83NO7/c1-6-8-10-12-14-16-18-20-21-22-24-26-28-30-32-34-36-44(48)53-41(39-51-38-37-42(45(49)50)46(3,4)5)40-52-43(47)35-33-31-29-27-25-23-19-17-15-13-11-9-7-2/h23,25,29,31,41-42H,6-22,24,26-28,30,32-40H2,1-5H3/p+1/b25-23+,31-29+. The number of aliphatic carboxylic acids is 1. The Hall–Kier alpha value is -2.19. The minimum Gasteiger partial charge on any atom is -0.477 e. The Balaban J connectivity index is 4.39. The summed E-state index contributed by atoms with van der Waals surface area (Å²) in [6, 6.07) is -0.618. The van der Waals surface area contributed by atoms with Crippen LogP contribution in [0.2, 0.25) is 0 Å². The number of unbranched alkanes of at least 4 members (excludes halogenated alkanes) is 21. The highest BCUT2D eigenvalue weighted by molar-refractivity contribution is 5.72. The number of carboxylic acids is 1. The first-order valence-electron chi connectivity index (χ1n) is 21.9. The molecule has 0 fully saturated rings. The van der Waals surface area contributed by atoms with Crippen molar-refractivity contribution in [3.63, 3.8) is 0 Å². The van der Waals surface area contributed by atoms with E-state index in [2.05, 4.69) is 32.1 Å². The summed E-state index contributed by atoms with van der Waals surface area (Å²) < 4.78 is 17.2. The van der Waals surface area contributed by atoms with Crippen molar-refractivity contribution in [2.75, 3.05) is 41.0 Å². The summed E-state index contributed by atoms with van der Waals surface area (Å²) in [5, 5.41) is 9.61. The first-order valence-corrected chi connectivity index (χ1v) is 21.9. The lowest BCUT2D eigenvalue weighted by Gasteiger charge is -2.31. The van der Waals surface area contributed by atoms with Crippen molar-refractivity contribution in [3.05, 3.63) is 24.3 Å². The van der Waals surface area contributed by atoms with Crippen LogP contribution in [0.5, 0.6) is 0 Å². The monoisotopic (exact) mass is 751 g/mol. The van der Waals surface area contributed by atoms with Gasteiger partial charge in [0.15, 0.2) is 12.1 Å². The van der Waals surface area contributed by atoms with Crippen LogP contribution < -0.4 is 0 Å². The Kier molecular flexibility index (Phi) is 35.2. The number of hydrogen-bond acceptors (Lipinski definition) is 6. The lowest BCUT2D eigenvalue weighted by atomic mass is 10.0. The van der Waals surface area contributed by atoms with Crippen LogP contribution in [0, 0.1) is 0 Å². The van der Waals surface area contributed by atoms with Crippen molar-refractivity contribution < 1.29 is 38.2 Å². The molecule has 0 bridgehead atoms. The largest absolute Gasteiger partial charge is 0.477 e. The molecule has 1 N–H and O–H groups in total. The van der Waals surface area contributed by atoms with E-state index in [1.54, 1.807) is 0 Å². The number of carboxylic acid groups (broad SMARTS) is 1. The Bertz CT molecular complexity index is 926. The first-order chi connectivity index (χ1) is 25.6. The molecule has 0 aromatic carbocycles. The molecule has 2 unspecified atom stereocenters. The van der Waals surface area contributed by atoms with Crippen LogP contribution in [0.15, 0.2) is 24.3 Å². The number of ether oxygens (including phenoxy) is 3. The van der Waals surface area contributed by atoms with Crippen molar-refractivity contribution in [2.24, 2.45) is 0 Å². The van der Waals surface area contributed by atoms with Crippen molar-refractivity contribution in [1.29, 1.82) is 0 Å². The minimum atomic E-state index is -0.880. The zero-order valence-corrected chi connectivity index (χ0v) is 35.2. The molecule has 0 radical (unpaired) electrons. The Labute approximate surface area is 326 Å². The third-order valence-corrected chi connectivity index (χ3v) is 9.87. The fourth-order valence-corrected chi connectivity index (χ4v) is 6.44. The molecule has 0 aliphatic carbocycles. The molecule has 0 rings (SSSR count). The topological polar surface area (TPSA) is 99.1 Å². The van der Waals surface area contributed by atoms with Crippen molar-refractivity contribution >= 4 is 17.9 Å². The molecule has 8 heteroatoms. The molecular formula is C45H84NO7+. The van der Waals surface area contributed by atoms with Crippen molar-refractivity contribution in [1.82, 2.24) is 0 Å². The van der Waals surface area contributed by atoms with Gasteiger partial charge in [0.25, 0.3) is 0 Å². The van der Waals surface area contributed by atoms with Crippen LogP contribution in [-0.4, -0.2) is 80.6 Å². The molecule has 0 aromatic rings. The fraction of sp³-hybridized carbons (Fsp3) is 0.844. The normalized spacial score (nSPS) is 13.2. The third kappa shape index (κ3) is 35.3. The minimum absolute atomic E-state index is 0.0481. The number of likely N-dealkylation sites (N-methyl/N-ethyl adjacent to an activating group) is 1. The van der Waals surface area contributed by atoms with Gasteiger partial charge in [-0.2, -0.15) is 0 Å². The maximum atomic E-state index is 12.7. The molecule has 0 saturated carbocycles. The van der Waals surface area contributed by atoms with E-state index < -0.39 is 18.1 Å². The van der Waals surface area contributed by atoms with E-state index in [0.717, 1.165) is 32.1 Å². The molecular weight excluding hydrogens is 666 g/mol. The molecule has 310 valence electrons. The molecule has 0 amide bonds. The fourth-order valence-electron chi connectivity index (χ4n) is 6.44. The molecule has 0 aliphatic rings. The summed E-state index contributed by atoms with van der Waals surface area (Å²) in [6.07, 6.45) is 39.5. The molecule has 53 heavy (non-hydrogen) atoms. The summed E-state index contributed by atoms with van der Waals surface area (Å²) in [6.45, 7) is 4.68. The van der Waals surface area contributed by atoms with Gasteiger partial charge >= 0.3 is 17.9 Å². The Morgan fingerprint density at radius 2 is 1.04 bits per heavy atom. The SMILES string of the molecule is CCCCCCCC/C=C/C/C=C/CCC(=O)OCC(COCCC(C(=O)O)[N+](C)(C)C)OC(=O)CCCCCCCCCCCCCCCCCC. The maximum Gasteiger partial charge on any atom is 0.362 e. The summed E-state index contributed by atoms with van der Waals surface area (Å²) in [5.41, 5.74) is 0. The number of hydrogen-bond donors (Lipinski definition) is 1. The van der Waals surface area contributed by atoms with Gasteiger partial charge in [0.2, 0.25) is 0 Å². The molecule has 0 aromatic heterocycles. The van der Waals surface area contributed by atoms with E-state index >= 15 is 0 Å². The number of rotatable bonds is 39. The zero-order valence-electron chi connectivity index (χ0n) is 35.2. The van der Waals surface area contributed by atoms with Gasteiger partial charge in [-0.3, -0.25) is 9.59 Å². The second-order valence-corrected chi connectivity index (χ2v) is 16.0. The lowest BCUT2D eigenvalue weighted by Crippen LogP contribution is -2.50. The van der Waals surface area contributed by atoms with Gasteiger partial charge in [0, 0.05) is 19.3 Å². The van der Waals surface area contributed by atoms with Gasteiger partial charge in [-0.15, -0.1) is 0 Å². The van der Waals surface area contributed by atoms with Crippen LogP contribution in [0.1, 0.15) is 194 Å². The lowest BCUT2D eigenvalue weighted by molar-refractivity contribution is -0.887. The molecule has 0 aliphatic heterocycles. The molecule has 0 spiro atoms. The number of esters is 2. The smallest absolute Gasteiger partial charge is 0.362 e. The number of carbonyl (C=O) groups is 3. The van der Waals surface area contributed by atoms with E-state index in [9.17, 15) is 19.5 Å². The second kappa shape index (κ2) is 36.8. The second-order valence-electron chi connectivity index (χ2n) is 16.0. The predicted octanol–water partition coefficient (Wildman–Crippen LogP) is 11.7. The number of carbonyl (C=O) groups excluding carboxylic acids is 2. The number of nitrogens with zero attached hydrogens (tertiary/aromatic N) is 1. The van der Waals surface area contributed by atoms with Gasteiger partial charge in [0.05, 0.1) is 34.4 Å². The van der Waals surface area contributed by atoms with Gasteiger partial charge < -0.3 is 23.8 Å². The zero-order chi connectivity index (χ0) is 39.3. The van der Waals surface area contributed by atoms with E-state index in [1.165, 1.54) is 122 Å². The highest BCUT2D eigenvalue weighted by Gasteiger charge is 2.31. The average molecular weight is 751 g/mol. The Morgan fingerprint density at radius 1 is 0.566 bits per heavy atom. The predicted molar refractivity (Wildman–Crippen MR) is 220 cm³/mol. The van der Waals surface area contributed by atoms with Gasteiger partial charge in [-0.25, -0.2) is 4.79 Å². The van der Waals surface area contributed by atoms with Crippen LogP contribution in [0.25, 0.3) is 0 Å². The average Bonchev–Trinajstić information content (AvgIpc) is 3.11. The summed E-state index contributed by atoms with van der Waals surface area (Å²) in [7, 11) is 5.51. The highest BCUT2D eigenvalue weighted by Crippen LogP contribution is 2.15. The van der Waals surface area contributed by atoms with Crippen LogP contribution >= 0.6 is 0 Å².